The van der Waals surface area contributed by atoms with Gasteiger partial charge in [-0.2, -0.15) is 0 Å². The Bertz CT molecular complexity index is 609. The Morgan fingerprint density at radius 1 is 1.33 bits per heavy atom. The predicted octanol–water partition coefficient (Wildman–Crippen LogP) is 3.80. The molecule has 3 nitrogen and oxygen atoms in total. The second-order valence-electron chi connectivity index (χ2n) is 5.31. The summed E-state index contributed by atoms with van der Waals surface area (Å²) < 4.78 is 5.69. The molecule has 0 spiro atoms. The van der Waals surface area contributed by atoms with Gasteiger partial charge in [0.2, 0.25) is 0 Å². The molecule has 1 aliphatic rings. The molecule has 0 bridgehead atoms. The van der Waals surface area contributed by atoms with Crippen molar-refractivity contribution in [2.75, 3.05) is 13.2 Å². The first-order valence-corrected chi connectivity index (χ1v) is 8.15. The number of nitrogens with zero attached hydrogens (tertiary/aromatic N) is 1. The second kappa shape index (κ2) is 6.31. The van der Waals surface area contributed by atoms with Crippen LogP contribution in [-0.2, 0) is 4.79 Å². The molecule has 0 N–H and O–H groups in total. The lowest BCUT2D eigenvalue weighted by molar-refractivity contribution is -0.134. The number of carbonyl (C=O) groups is 1. The number of para-hydroxylation sites is 1. The number of thiophene rings is 1. The zero-order valence-corrected chi connectivity index (χ0v) is 12.9. The quantitative estimate of drug-likeness (QED) is 0.859. The maximum Gasteiger partial charge on any atom is 0.261 e. The van der Waals surface area contributed by atoms with Crippen LogP contribution in [0, 0.1) is 6.92 Å². The fraction of sp³-hybridized carbons (Fsp3) is 0.353. The van der Waals surface area contributed by atoms with Crippen molar-refractivity contribution in [1.29, 1.82) is 0 Å². The Morgan fingerprint density at radius 3 is 2.95 bits per heavy atom. The van der Waals surface area contributed by atoms with E-state index in [-0.39, 0.29) is 18.6 Å². The third-order valence-corrected chi connectivity index (χ3v) is 4.86. The highest BCUT2D eigenvalue weighted by molar-refractivity contribution is 7.10. The van der Waals surface area contributed by atoms with Crippen molar-refractivity contribution in [3.8, 4) is 5.75 Å². The third kappa shape index (κ3) is 3.10. The Kier molecular flexibility index (Phi) is 4.25. The van der Waals surface area contributed by atoms with Crippen molar-refractivity contribution in [2.45, 2.75) is 25.8 Å². The predicted molar refractivity (Wildman–Crippen MR) is 84.7 cm³/mol. The van der Waals surface area contributed by atoms with Crippen molar-refractivity contribution in [1.82, 2.24) is 4.90 Å². The van der Waals surface area contributed by atoms with Gasteiger partial charge in [-0.05, 0) is 42.8 Å². The minimum atomic E-state index is 0.0779. The molecule has 2 aromatic rings. The normalized spacial score (nSPS) is 18.0. The first kappa shape index (κ1) is 14.1. The van der Waals surface area contributed by atoms with Gasteiger partial charge < -0.3 is 9.64 Å². The summed E-state index contributed by atoms with van der Waals surface area (Å²) in [4.78, 5) is 15.7. The third-order valence-electron chi connectivity index (χ3n) is 3.89. The molecule has 1 amide bonds. The Balaban J connectivity index is 1.64. The van der Waals surface area contributed by atoms with Crippen molar-refractivity contribution >= 4 is 17.2 Å². The van der Waals surface area contributed by atoms with Crippen LogP contribution in [-0.4, -0.2) is 24.0 Å². The van der Waals surface area contributed by atoms with Gasteiger partial charge in [0.05, 0.1) is 6.04 Å². The smallest absolute Gasteiger partial charge is 0.261 e. The molecular formula is C17H19NO2S. The molecule has 0 saturated carbocycles. The summed E-state index contributed by atoms with van der Waals surface area (Å²) in [6, 6.07) is 12.2. The van der Waals surface area contributed by atoms with Gasteiger partial charge in [0.15, 0.2) is 6.61 Å². The van der Waals surface area contributed by atoms with Crippen LogP contribution in [0.25, 0.3) is 0 Å². The monoisotopic (exact) mass is 301 g/mol. The second-order valence-corrected chi connectivity index (χ2v) is 6.29. The standard InChI is InChI=1S/C17H19NO2S/c1-13-6-2-3-8-15(13)20-12-17(19)18-10-4-7-14(18)16-9-5-11-21-16/h2-3,5-6,8-9,11,14H,4,7,10,12H2,1H3. The molecular weight excluding hydrogens is 282 g/mol. The summed E-state index contributed by atoms with van der Waals surface area (Å²) in [7, 11) is 0. The molecule has 0 radical (unpaired) electrons. The van der Waals surface area contributed by atoms with E-state index < -0.39 is 0 Å². The van der Waals surface area contributed by atoms with Crippen molar-refractivity contribution < 1.29 is 9.53 Å². The van der Waals surface area contributed by atoms with Crippen LogP contribution in [0.4, 0.5) is 0 Å². The number of rotatable bonds is 4. The summed E-state index contributed by atoms with van der Waals surface area (Å²) in [6.45, 7) is 2.94. The van der Waals surface area contributed by atoms with E-state index in [0.29, 0.717) is 0 Å². The van der Waals surface area contributed by atoms with Crippen LogP contribution in [0.15, 0.2) is 41.8 Å². The molecule has 21 heavy (non-hydrogen) atoms. The molecule has 1 aromatic carbocycles. The van der Waals surface area contributed by atoms with Gasteiger partial charge in [-0.1, -0.05) is 24.3 Å². The van der Waals surface area contributed by atoms with Crippen molar-refractivity contribution in [3.05, 3.63) is 52.2 Å². The van der Waals surface area contributed by atoms with E-state index in [1.807, 2.05) is 42.2 Å². The van der Waals surface area contributed by atoms with E-state index in [0.717, 1.165) is 30.7 Å². The highest BCUT2D eigenvalue weighted by Crippen LogP contribution is 2.34. The lowest BCUT2D eigenvalue weighted by Gasteiger charge is -2.24. The van der Waals surface area contributed by atoms with Crippen LogP contribution < -0.4 is 4.74 Å². The largest absolute Gasteiger partial charge is 0.484 e. The van der Waals surface area contributed by atoms with Gasteiger partial charge in [-0.15, -0.1) is 11.3 Å². The highest BCUT2D eigenvalue weighted by atomic mass is 32.1. The average Bonchev–Trinajstić information content (AvgIpc) is 3.16. The minimum absolute atomic E-state index is 0.0779. The van der Waals surface area contributed by atoms with E-state index in [4.69, 9.17) is 4.74 Å². The zero-order chi connectivity index (χ0) is 14.7. The summed E-state index contributed by atoms with van der Waals surface area (Å²) in [5, 5.41) is 2.07. The highest BCUT2D eigenvalue weighted by Gasteiger charge is 2.30. The molecule has 1 aliphatic heterocycles. The van der Waals surface area contributed by atoms with Gasteiger partial charge in [0.25, 0.3) is 5.91 Å². The number of ether oxygens (including phenoxy) is 1. The van der Waals surface area contributed by atoms with Crippen LogP contribution >= 0.6 is 11.3 Å². The molecule has 1 saturated heterocycles. The molecule has 1 aromatic heterocycles. The number of amides is 1. The van der Waals surface area contributed by atoms with Crippen molar-refractivity contribution in [3.63, 3.8) is 0 Å². The van der Waals surface area contributed by atoms with Gasteiger partial charge >= 0.3 is 0 Å². The SMILES string of the molecule is Cc1ccccc1OCC(=O)N1CCCC1c1cccs1. The summed E-state index contributed by atoms with van der Waals surface area (Å²) in [5.41, 5.74) is 1.06. The molecule has 1 fully saturated rings. The topological polar surface area (TPSA) is 29.5 Å². The Morgan fingerprint density at radius 2 is 2.19 bits per heavy atom. The maximum atomic E-state index is 12.4. The first-order valence-electron chi connectivity index (χ1n) is 7.27. The summed E-state index contributed by atoms with van der Waals surface area (Å²) in [6.07, 6.45) is 2.12. The average molecular weight is 301 g/mol. The zero-order valence-electron chi connectivity index (χ0n) is 12.1. The number of hydrogen-bond donors (Lipinski definition) is 0. The molecule has 1 atom stereocenters. The van der Waals surface area contributed by atoms with Crippen molar-refractivity contribution in [2.24, 2.45) is 0 Å². The number of likely N-dealkylation sites (tertiary alicyclic amines) is 1. The van der Waals surface area contributed by atoms with Gasteiger partial charge in [0.1, 0.15) is 5.75 Å². The number of carbonyl (C=O) groups excluding carboxylic acids is 1. The van der Waals surface area contributed by atoms with E-state index >= 15 is 0 Å². The first-order chi connectivity index (χ1) is 10.3. The Hall–Kier alpha value is -1.81. The summed E-state index contributed by atoms with van der Waals surface area (Å²) >= 11 is 1.72. The van der Waals surface area contributed by atoms with Crippen LogP contribution in [0.1, 0.15) is 29.3 Å². The van der Waals surface area contributed by atoms with Gasteiger partial charge in [-0.3, -0.25) is 4.79 Å². The fourth-order valence-corrected chi connectivity index (χ4v) is 3.66. The van der Waals surface area contributed by atoms with Gasteiger partial charge in [0, 0.05) is 11.4 Å². The van der Waals surface area contributed by atoms with Gasteiger partial charge in [-0.25, -0.2) is 0 Å². The lowest BCUT2D eigenvalue weighted by Crippen LogP contribution is -2.34. The van der Waals surface area contributed by atoms with Crippen LogP contribution in [0.2, 0.25) is 0 Å². The molecule has 2 heterocycles. The molecule has 3 rings (SSSR count). The molecule has 0 aliphatic carbocycles. The Labute approximate surface area is 129 Å². The maximum absolute atomic E-state index is 12.4. The van der Waals surface area contributed by atoms with E-state index in [2.05, 4.69) is 11.4 Å². The molecule has 4 heteroatoms. The number of benzene rings is 1. The lowest BCUT2D eigenvalue weighted by atomic mass is 10.2. The van der Waals surface area contributed by atoms with Crippen LogP contribution in [0.5, 0.6) is 5.75 Å². The van der Waals surface area contributed by atoms with Crippen LogP contribution in [0.3, 0.4) is 0 Å². The number of hydrogen-bond acceptors (Lipinski definition) is 3. The van der Waals surface area contributed by atoms with E-state index in [1.54, 1.807) is 11.3 Å². The fourth-order valence-electron chi connectivity index (χ4n) is 2.78. The molecule has 1 unspecified atom stereocenters. The number of aryl methyl sites for hydroxylation is 1. The molecule has 110 valence electrons. The minimum Gasteiger partial charge on any atom is -0.484 e. The van der Waals surface area contributed by atoms with E-state index in [1.165, 1.54) is 4.88 Å². The van der Waals surface area contributed by atoms with E-state index in [9.17, 15) is 4.79 Å². The summed E-state index contributed by atoms with van der Waals surface area (Å²) in [5.74, 6) is 0.867.